The fourth-order valence-corrected chi connectivity index (χ4v) is 10.2. The molecular weight excluding hydrogens is 705 g/mol. The van der Waals surface area contributed by atoms with Crippen LogP contribution in [0.3, 0.4) is 0 Å². The Kier molecular flexibility index (Phi) is 8.40. The monoisotopic (exact) mass is 746 g/mol. The Hall–Kier alpha value is -6.40. The van der Waals surface area contributed by atoms with Crippen molar-refractivity contribution in [3.63, 3.8) is 0 Å². The van der Waals surface area contributed by atoms with Crippen LogP contribution in [-0.4, -0.2) is 35.1 Å². The third-order valence-corrected chi connectivity index (χ3v) is 12.6. The number of aromatic nitrogens is 2. The highest BCUT2D eigenvalue weighted by atomic mass is 16.5. The Labute approximate surface area is 331 Å². The highest BCUT2D eigenvalue weighted by molar-refractivity contribution is 6.05. The van der Waals surface area contributed by atoms with Gasteiger partial charge in [-0.1, -0.05) is 109 Å². The van der Waals surface area contributed by atoms with Gasteiger partial charge in [0.25, 0.3) is 0 Å². The number of benzene rings is 6. The third kappa shape index (κ3) is 5.45. The molecule has 0 aliphatic heterocycles. The molecule has 0 radical (unpaired) electrons. The third-order valence-electron chi connectivity index (χ3n) is 12.6. The number of fused-ring (bicyclic) bond motifs is 12. The van der Waals surface area contributed by atoms with Gasteiger partial charge in [-0.3, -0.25) is 9.59 Å². The molecular formula is C51H42N2O4. The van der Waals surface area contributed by atoms with Crippen molar-refractivity contribution in [3.8, 4) is 22.5 Å². The van der Waals surface area contributed by atoms with Crippen molar-refractivity contribution in [1.29, 1.82) is 0 Å². The van der Waals surface area contributed by atoms with Crippen LogP contribution < -0.4 is 0 Å². The molecule has 280 valence electrons. The molecule has 0 saturated carbocycles. The topological polar surface area (TPSA) is 78.4 Å². The van der Waals surface area contributed by atoms with Gasteiger partial charge >= 0.3 is 11.9 Å². The van der Waals surface area contributed by atoms with E-state index in [4.69, 9.17) is 19.4 Å². The van der Waals surface area contributed by atoms with E-state index < -0.39 is 10.8 Å². The molecule has 8 aromatic rings. The van der Waals surface area contributed by atoms with Crippen LogP contribution in [0.4, 0.5) is 0 Å². The van der Waals surface area contributed by atoms with Crippen LogP contribution in [0.2, 0.25) is 0 Å². The molecule has 0 N–H and O–H groups in total. The molecule has 2 atom stereocenters. The number of ether oxygens (including phenoxy) is 2. The van der Waals surface area contributed by atoms with Crippen LogP contribution in [0.5, 0.6) is 0 Å². The summed E-state index contributed by atoms with van der Waals surface area (Å²) < 4.78 is 11.3. The number of carbonyl (C=O) groups is 2. The molecule has 2 aliphatic rings. The maximum Gasteiger partial charge on any atom is 0.305 e. The predicted molar refractivity (Wildman–Crippen MR) is 227 cm³/mol. The average Bonchev–Trinajstić information content (AvgIpc) is 3.66. The second-order valence-corrected chi connectivity index (χ2v) is 15.5. The van der Waals surface area contributed by atoms with Crippen molar-refractivity contribution in [2.75, 3.05) is 13.2 Å². The molecule has 2 unspecified atom stereocenters. The van der Waals surface area contributed by atoms with E-state index in [1.54, 1.807) is 0 Å². The van der Waals surface area contributed by atoms with Crippen molar-refractivity contribution in [3.05, 3.63) is 156 Å². The van der Waals surface area contributed by atoms with Crippen LogP contribution in [0.1, 0.15) is 68.2 Å². The van der Waals surface area contributed by atoms with Crippen molar-refractivity contribution in [2.45, 2.75) is 56.8 Å². The van der Waals surface area contributed by atoms with Crippen molar-refractivity contribution in [2.24, 2.45) is 0 Å². The number of pyridine rings is 2. The first-order chi connectivity index (χ1) is 27.9. The van der Waals surface area contributed by atoms with Crippen LogP contribution in [0.25, 0.3) is 65.9 Å². The number of esters is 2. The van der Waals surface area contributed by atoms with E-state index in [0.29, 0.717) is 32.5 Å². The van der Waals surface area contributed by atoms with Gasteiger partial charge in [-0.15, -0.1) is 0 Å². The Morgan fingerprint density at radius 3 is 1.33 bits per heavy atom. The summed E-state index contributed by atoms with van der Waals surface area (Å²) in [5.74, 6) is -0.458. The molecule has 6 aromatic carbocycles. The summed E-state index contributed by atoms with van der Waals surface area (Å²) in [6.45, 7) is 4.33. The summed E-state index contributed by atoms with van der Waals surface area (Å²) in [5, 5.41) is 6.61. The van der Waals surface area contributed by atoms with Gasteiger partial charge in [-0.2, -0.15) is 0 Å². The molecule has 2 aromatic heterocycles. The van der Waals surface area contributed by atoms with Crippen LogP contribution in [0, 0.1) is 0 Å². The van der Waals surface area contributed by atoms with Crippen molar-refractivity contribution in [1.82, 2.24) is 9.97 Å². The molecule has 0 bridgehead atoms. The first kappa shape index (κ1) is 35.0. The SMILES string of the molecule is CCOC(=O)CCC1(CC2(CCC(=O)OCC)c3cc4ccccc4nc3-c3c2ccc2ccccc32)c2cc3ccccc3nc2-c2c1ccc1ccccc21. The lowest BCUT2D eigenvalue weighted by Gasteiger charge is -2.42. The number of hydrogen-bond acceptors (Lipinski definition) is 6. The summed E-state index contributed by atoms with van der Waals surface area (Å²) in [6, 6.07) is 47.2. The van der Waals surface area contributed by atoms with E-state index in [1.165, 1.54) is 0 Å². The molecule has 2 heterocycles. The lowest BCUT2D eigenvalue weighted by atomic mass is 9.59. The lowest BCUT2D eigenvalue weighted by molar-refractivity contribution is -0.144. The number of carbonyl (C=O) groups excluding carboxylic acids is 2. The van der Waals surface area contributed by atoms with Gasteiger partial charge in [0.1, 0.15) is 0 Å². The quantitative estimate of drug-likeness (QED) is 0.130. The van der Waals surface area contributed by atoms with Crippen molar-refractivity contribution >= 4 is 55.3 Å². The Bertz CT molecular complexity index is 2740. The van der Waals surface area contributed by atoms with E-state index in [0.717, 1.165) is 88.1 Å². The maximum atomic E-state index is 13.6. The lowest BCUT2D eigenvalue weighted by Crippen LogP contribution is -2.39. The fraction of sp³-hybridized carbons (Fsp3) is 0.216. The van der Waals surface area contributed by atoms with Gasteiger partial charge in [-0.25, -0.2) is 9.97 Å². The normalized spacial score (nSPS) is 17.7. The van der Waals surface area contributed by atoms with Crippen LogP contribution in [-0.2, 0) is 29.9 Å². The van der Waals surface area contributed by atoms with Gasteiger partial charge in [-0.05, 0) is 101 Å². The molecule has 0 saturated heterocycles. The highest BCUT2D eigenvalue weighted by Crippen LogP contribution is 2.63. The minimum absolute atomic E-state index is 0.216. The van der Waals surface area contributed by atoms with Gasteiger partial charge < -0.3 is 9.47 Å². The Morgan fingerprint density at radius 2 is 0.895 bits per heavy atom. The summed E-state index contributed by atoms with van der Waals surface area (Å²) in [5.41, 5.74) is 8.97. The standard InChI is InChI=1S/C51H42N2O4/c1-3-56-44(54)25-27-50(38-23-21-32-13-5-9-17-36(32)46(38)48-40(50)29-34-15-7-11-19-42(34)52-48)31-51(28-26-45(55)57-4-2)39-24-22-33-14-6-10-18-37(33)47(39)49-41(51)30-35-16-8-12-20-43(35)53-49/h5-24,29-30H,3-4,25-28,31H2,1-2H3. The first-order valence-electron chi connectivity index (χ1n) is 20.1. The fourth-order valence-electron chi connectivity index (χ4n) is 10.2. The van der Waals surface area contributed by atoms with Crippen LogP contribution in [0.15, 0.2) is 133 Å². The molecule has 10 rings (SSSR count). The number of para-hydroxylation sites is 2. The second-order valence-electron chi connectivity index (χ2n) is 15.5. The Balaban J connectivity index is 1.32. The predicted octanol–water partition coefficient (Wildman–Crippen LogP) is 11.4. The average molecular weight is 747 g/mol. The smallest absolute Gasteiger partial charge is 0.305 e. The molecule has 0 amide bonds. The zero-order valence-corrected chi connectivity index (χ0v) is 32.2. The minimum atomic E-state index is -0.719. The summed E-state index contributed by atoms with van der Waals surface area (Å²) >= 11 is 0. The molecule has 57 heavy (non-hydrogen) atoms. The van der Waals surface area contributed by atoms with Gasteiger partial charge in [0.2, 0.25) is 0 Å². The molecule has 2 aliphatic carbocycles. The van der Waals surface area contributed by atoms with Gasteiger partial charge in [0.15, 0.2) is 0 Å². The summed E-state index contributed by atoms with van der Waals surface area (Å²) in [7, 11) is 0. The van der Waals surface area contributed by atoms with Crippen molar-refractivity contribution < 1.29 is 19.1 Å². The van der Waals surface area contributed by atoms with E-state index in [9.17, 15) is 9.59 Å². The summed E-state index contributed by atoms with van der Waals surface area (Å²) in [6.07, 6.45) is 1.98. The largest absolute Gasteiger partial charge is 0.466 e. The maximum absolute atomic E-state index is 13.6. The zero-order chi connectivity index (χ0) is 38.7. The Morgan fingerprint density at radius 1 is 0.491 bits per heavy atom. The van der Waals surface area contributed by atoms with Gasteiger partial charge in [0.05, 0.1) is 35.6 Å². The van der Waals surface area contributed by atoms with E-state index in [-0.39, 0.29) is 24.8 Å². The van der Waals surface area contributed by atoms with E-state index in [1.807, 2.05) is 26.0 Å². The van der Waals surface area contributed by atoms with Crippen LogP contribution >= 0.6 is 0 Å². The number of nitrogens with zero attached hydrogens (tertiary/aromatic N) is 2. The van der Waals surface area contributed by atoms with E-state index in [2.05, 4.69) is 121 Å². The first-order valence-corrected chi connectivity index (χ1v) is 20.1. The minimum Gasteiger partial charge on any atom is -0.466 e. The number of hydrogen-bond donors (Lipinski definition) is 0. The molecule has 0 fully saturated rings. The molecule has 6 heteroatoms. The number of rotatable bonds is 10. The van der Waals surface area contributed by atoms with Gasteiger partial charge in [0, 0.05) is 45.6 Å². The van der Waals surface area contributed by atoms with E-state index >= 15 is 0 Å². The molecule has 0 spiro atoms. The summed E-state index contributed by atoms with van der Waals surface area (Å²) in [4.78, 5) is 38.1. The zero-order valence-electron chi connectivity index (χ0n) is 32.2. The second kappa shape index (κ2) is 13.7. The highest BCUT2D eigenvalue weighted by Gasteiger charge is 2.54. The molecule has 6 nitrogen and oxygen atoms in total.